The molecule has 126 valence electrons. The summed E-state index contributed by atoms with van der Waals surface area (Å²) in [4.78, 5) is 14.2. The van der Waals surface area contributed by atoms with Crippen molar-refractivity contribution >= 4 is 17.3 Å². The Morgan fingerprint density at radius 2 is 1.62 bits per heavy atom. The molecule has 2 aromatic rings. The number of anilines is 1. The highest BCUT2D eigenvalue weighted by Gasteiger charge is 2.12. The smallest absolute Gasteiger partial charge is 0.253 e. The molecule has 0 radical (unpaired) electrons. The van der Waals surface area contributed by atoms with Crippen LogP contribution in [0.1, 0.15) is 36.7 Å². The maximum Gasteiger partial charge on any atom is 0.253 e. The first-order chi connectivity index (χ1) is 11.5. The van der Waals surface area contributed by atoms with Crippen LogP contribution in [-0.4, -0.2) is 36.7 Å². The third-order valence-electron chi connectivity index (χ3n) is 4.21. The molecule has 2 aromatic carbocycles. The van der Waals surface area contributed by atoms with Crippen LogP contribution in [0.15, 0.2) is 42.5 Å². The molecule has 4 heteroatoms. The zero-order chi connectivity index (χ0) is 17.7. The normalized spacial score (nSPS) is 10.3. The topological polar surface area (TPSA) is 56.2 Å². The highest BCUT2D eigenvalue weighted by atomic mass is 16.2. The Balaban J connectivity index is 2.33. The predicted molar refractivity (Wildman–Crippen MR) is 101 cm³/mol. The van der Waals surface area contributed by atoms with E-state index in [9.17, 15) is 4.79 Å². The lowest BCUT2D eigenvalue weighted by Crippen LogP contribution is -2.30. The summed E-state index contributed by atoms with van der Waals surface area (Å²) in [5.41, 5.74) is 5.14. The summed E-state index contributed by atoms with van der Waals surface area (Å²) in [7, 11) is 1.86. The number of hydrogen-bond donors (Lipinski definition) is 2. The number of carbonyl (C=O) groups is 1. The summed E-state index contributed by atoms with van der Waals surface area (Å²) >= 11 is 0. The zero-order valence-electron chi connectivity index (χ0n) is 14.8. The lowest BCUT2D eigenvalue weighted by atomic mass is 9.98. The Morgan fingerprint density at radius 1 is 1.04 bits per heavy atom. The number of nitrogens with zero attached hydrogens (tertiary/aromatic N) is 1. The van der Waals surface area contributed by atoms with E-state index in [-0.39, 0.29) is 5.91 Å². The third kappa shape index (κ3) is 3.65. The predicted octanol–water partition coefficient (Wildman–Crippen LogP) is 4.27. The lowest BCUT2D eigenvalue weighted by molar-refractivity contribution is 0.0773. The van der Waals surface area contributed by atoms with Gasteiger partial charge in [0.1, 0.15) is 0 Å². The van der Waals surface area contributed by atoms with Crippen LogP contribution in [0.5, 0.6) is 0 Å². The molecule has 0 atom stereocenters. The fourth-order valence-electron chi connectivity index (χ4n) is 2.75. The first-order valence-corrected chi connectivity index (χ1v) is 8.28. The second-order valence-electron chi connectivity index (χ2n) is 5.69. The van der Waals surface area contributed by atoms with E-state index < -0.39 is 0 Å². The molecular formula is C20H25N3O. The van der Waals surface area contributed by atoms with Gasteiger partial charge in [-0.15, -0.1) is 0 Å². The van der Waals surface area contributed by atoms with Gasteiger partial charge < -0.3 is 15.6 Å². The highest BCUT2D eigenvalue weighted by molar-refractivity contribution is 6.02. The van der Waals surface area contributed by atoms with Gasteiger partial charge in [-0.3, -0.25) is 4.79 Å². The summed E-state index contributed by atoms with van der Waals surface area (Å²) in [6, 6.07) is 13.7. The average molecular weight is 323 g/mol. The minimum Gasteiger partial charge on any atom is -0.388 e. The quantitative estimate of drug-likeness (QED) is 0.780. The minimum absolute atomic E-state index is 0.0631. The van der Waals surface area contributed by atoms with Crippen molar-refractivity contribution in [1.29, 1.82) is 5.41 Å². The van der Waals surface area contributed by atoms with Crippen molar-refractivity contribution in [2.75, 3.05) is 25.5 Å². The van der Waals surface area contributed by atoms with E-state index in [1.54, 1.807) is 6.92 Å². The van der Waals surface area contributed by atoms with E-state index >= 15 is 0 Å². The Hall–Kier alpha value is -2.62. The molecule has 0 saturated heterocycles. The number of hydrogen-bond acceptors (Lipinski definition) is 3. The molecular weight excluding hydrogens is 298 g/mol. The van der Waals surface area contributed by atoms with Crippen molar-refractivity contribution in [3.05, 3.63) is 53.6 Å². The minimum atomic E-state index is 0.0631. The van der Waals surface area contributed by atoms with Crippen LogP contribution >= 0.6 is 0 Å². The first kappa shape index (κ1) is 17.7. The summed E-state index contributed by atoms with van der Waals surface area (Å²) in [5, 5.41) is 11.0. The van der Waals surface area contributed by atoms with Gasteiger partial charge in [0, 0.05) is 42.7 Å². The molecule has 0 bridgehead atoms. The SMILES string of the molecule is CCN(CC)C(=O)c1ccc(-c2ccc(NC)c(C(C)=N)c2)cc1. The van der Waals surface area contributed by atoms with Crippen LogP contribution in [0.3, 0.4) is 0 Å². The van der Waals surface area contributed by atoms with Crippen molar-refractivity contribution in [3.63, 3.8) is 0 Å². The Labute approximate surface area is 144 Å². The molecule has 24 heavy (non-hydrogen) atoms. The monoisotopic (exact) mass is 323 g/mol. The van der Waals surface area contributed by atoms with E-state index in [1.165, 1.54) is 0 Å². The molecule has 0 aromatic heterocycles. The maximum absolute atomic E-state index is 12.4. The standard InChI is InChI=1S/C20H25N3O/c1-5-23(6-2)20(24)16-9-7-15(8-10-16)17-11-12-19(22-4)18(13-17)14(3)21/h7-13,21-22H,5-6H2,1-4H3. The van der Waals surface area contributed by atoms with Gasteiger partial charge in [-0.25, -0.2) is 0 Å². The molecule has 0 aliphatic heterocycles. The van der Waals surface area contributed by atoms with Crippen LogP contribution in [0.25, 0.3) is 11.1 Å². The maximum atomic E-state index is 12.4. The highest BCUT2D eigenvalue weighted by Crippen LogP contribution is 2.26. The average Bonchev–Trinajstić information content (AvgIpc) is 2.62. The second-order valence-corrected chi connectivity index (χ2v) is 5.69. The van der Waals surface area contributed by atoms with Crippen LogP contribution in [-0.2, 0) is 0 Å². The van der Waals surface area contributed by atoms with Gasteiger partial charge in [0.25, 0.3) is 5.91 Å². The Bertz CT molecular complexity index is 731. The largest absolute Gasteiger partial charge is 0.388 e. The van der Waals surface area contributed by atoms with Crippen molar-refractivity contribution in [1.82, 2.24) is 4.90 Å². The number of nitrogens with one attached hydrogen (secondary N) is 2. The first-order valence-electron chi connectivity index (χ1n) is 8.28. The molecule has 0 spiro atoms. The summed E-state index contributed by atoms with van der Waals surface area (Å²) in [6.45, 7) is 7.18. The Kier molecular flexibility index (Phi) is 5.74. The molecule has 2 N–H and O–H groups in total. The molecule has 0 aliphatic rings. The van der Waals surface area contributed by atoms with Gasteiger partial charge in [-0.2, -0.15) is 0 Å². The van der Waals surface area contributed by atoms with Crippen LogP contribution < -0.4 is 5.32 Å². The number of benzene rings is 2. The molecule has 0 aliphatic carbocycles. The molecule has 0 heterocycles. The van der Waals surface area contributed by atoms with Gasteiger partial charge in [0.05, 0.1) is 0 Å². The van der Waals surface area contributed by atoms with Crippen molar-refractivity contribution in [3.8, 4) is 11.1 Å². The zero-order valence-corrected chi connectivity index (χ0v) is 14.8. The van der Waals surface area contributed by atoms with Gasteiger partial charge in [-0.1, -0.05) is 18.2 Å². The van der Waals surface area contributed by atoms with E-state index in [1.807, 2.05) is 68.3 Å². The number of carbonyl (C=O) groups excluding carboxylic acids is 1. The summed E-state index contributed by atoms with van der Waals surface area (Å²) in [5.74, 6) is 0.0631. The van der Waals surface area contributed by atoms with Crippen molar-refractivity contribution in [2.45, 2.75) is 20.8 Å². The molecule has 2 rings (SSSR count). The van der Waals surface area contributed by atoms with Crippen molar-refractivity contribution in [2.24, 2.45) is 0 Å². The lowest BCUT2D eigenvalue weighted by Gasteiger charge is -2.18. The van der Waals surface area contributed by atoms with E-state index in [2.05, 4.69) is 5.32 Å². The molecule has 1 amide bonds. The summed E-state index contributed by atoms with van der Waals surface area (Å²) in [6.07, 6.45) is 0. The molecule has 0 saturated carbocycles. The molecule has 0 fully saturated rings. The molecule has 0 unspecified atom stereocenters. The number of rotatable bonds is 6. The van der Waals surface area contributed by atoms with Crippen LogP contribution in [0.4, 0.5) is 5.69 Å². The van der Waals surface area contributed by atoms with Gasteiger partial charge in [-0.05, 0) is 56.2 Å². The second kappa shape index (κ2) is 7.77. The molecule has 4 nitrogen and oxygen atoms in total. The van der Waals surface area contributed by atoms with Crippen LogP contribution in [0.2, 0.25) is 0 Å². The van der Waals surface area contributed by atoms with Crippen molar-refractivity contribution < 1.29 is 4.79 Å². The van der Waals surface area contributed by atoms with Crippen LogP contribution in [0, 0.1) is 5.41 Å². The Morgan fingerprint density at radius 3 is 2.12 bits per heavy atom. The summed E-state index contributed by atoms with van der Waals surface area (Å²) < 4.78 is 0. The fraction of sp³-hybridized carbons (Fsp3) is 0.300. The third-order valence-corrected chi connectivity index (χ3v) is 4.21. The van der Waals surface area contributed by atoms with E-state index in [0.29, 0.717) is 24.4 Å². The van der Waals surface area contributed by atoms with Gasteiger partial charge in [0.15, 0.2) is 0 Å². The van der Waals surface area contributed by atoms with Gasteiger partial charge in [0.2, 0.25) is 0 Å². The van der Waals surface area contributed by atoms with Gasteiger partial charge >= 0.3 is 0 Å². The van der Waals surface area contributed by atoms with E-state index in [0.717, 1.165) is 22.4 Å². The fourth-order valence-corrected chi connectivity index (χ4v) is 2.75. The number of amides is 1. The van der Waals surface area contributed by atoms with E-state index in [4.69, 9.17) is 5.41 Å².